The number of methoxy groups -OCH3 is 2. The molecular weight excluding hydrogens is 316 g/mol. The Labute approximate surface area is 151 Å². The van der Waals surface area contributed by atoms with Gasteiger partial charge >= 0.3 is 0 Å². The summed E-state index contributed by atoms with van der Waals surface area (Å²) < 4.78 is 10.6. The lowest BCUT2D eigenvalue weighted by Crippen LogP contribution is -2.51. The summed E-state index contributed by atoms with van der Waals surface area (Å²) in [5, 5.41) is 10.6. The van der Waals surface area contributed by atoms with E-state index >= 15 is 0 Å². The molecule has 1 aliphatic heterocycles. The molecule has 1 saturated carbocycles. The first-order valence-electron chi connectivity index (χ1n) is 9.57. The van der Waals surface area contributed by atoms with Crippen LogP contribution in [0.25, 0.3) is 0 Å². The van der Waals surface area contributed by atoms with Crippen molar-refractivity contribution in [2.75, 3.05) is 46.9 Å². The Morgan fingerprint density at radius 3 is 2.32 bits per heavy atom. The zero-order valence-electron chi connectivity index (χ0n) is 15.6. The highest BCUT2D eigenvalue weighted by Crippen LogP contribution is 2.30. The first kappa shape index (κ1) is 18.5. The number of aliphatic hydroxyl groups is 1. The molecule has 1 N–H and O–H groups in total. The summed E-state index contributed by atoms with van der Waals surface area (Å²) in [6.45, 7) is 5.02. The van der Waals surface area contributed by atoms with Gasteiger partial charge in [-0.05, 0) is 30.5 Å². The van der Waals surface area contributed by atoms with Crippen molar-refractivity contribution in [3.8, 4) is 11.5 Å². The molecule has 3 rings (SSSR count). The summed E-state index contributed by atoms with van der Waals surface area (Å²) in [6.07, 6.45) is 6.43. The number of ether oxygens (including phenoxy) is 2. The highest BCUT2D eigenvalue weighted by molar-refractivity contribution is 5.43. The predicted molar refractivity (Wildman–Crippen MR) is 99.4 cm³/mol. The maximum Gasteiger partial charge on any atom is 0.161 e. The second-order valence-electron chi connectivity index (χ2n) is 7.26. The topological polar surface area (TPSA) is 45.2 Å². The van der Waals surface area contributed by atoms with Gasteiger partial charge < -0.3 is 14.6 Å². The van der Waals surface area contributed by atoms with Gasteiger partial charge in [-0.2, -0.15) is 0 Å². The van der Waals surface area contributed by atoms with E-state index in [1.165, 1.54) is 32.1 Å². The molecule has 0 amide bonds. The molecule has 0 bridgehead atoms. The van der Waals surface area contributed by atoms with Crippen LogP contribution in [0, 0.1) is 0 Å². The molecule has 1 aromatic carbocycles. The van der Waals surface area contributed by atoms with Gasteiger partial charge in [-0.15, -0.1) is 0 Å². The van der Waals surface area contributed by atoms with Crippen LogP contribution >= 0.6 is 0 Å². The lowest BCUT2D eigenvalue weighted by atomic mass is 9.94. The maximum absolute atomic E-state index is 10.6. The highest BCUT2D eigenvalue weighted by atomic mass is 16.5. The normalized spacial score (nSPS) is 21.9. The fourth-order valence-electron chi connectivity index (χ4n) is 4.17. The van der Waals surface area contributed by atoms with Crippen molar-refractivity contribution >= 4 is 0 Å². The van der Waals surface area contributed by atoms with Gasteiger partial charge in [-0.1, -0.05) is 25.3 Å². The standard InChI is InChI=1S/C20H32N2O3/c1-24-19-9-8-16(14-20(19)25-2)18(23)15-21-10-12-22(13-11-21)17-6-4-3-5-7-17/h8-9,14,17-18,23H,3-7,10-13,15H2,1-2H3. The van der Waals surface area contributed by atoms with E-state index in [1.54, 1.807) is 14.2 Å². The second-order valence-corrected chi connectivity index (χ2v) is 7.26. The van der Waals surface area contributed by atoms with Gasteiger partial charge in [-0.25, -0.2) is 0 Å². The Bertz CT molecular complexity index is 538. The molecule has 5 nitrogen and oxygen atoms in total. The Kier molecular flexibility index (Phi) is 6.57. The van der Waals surface area contributed by atoms with Gasteiger partial charge in [0.1, 0.15) is 0 Å². The molecule has 1 unspecified atom stereocenters. The van der Waals surface area contributed by atoms with Crippen LogP contribution in [0.1, 0.15) is 43.8 Å². The van der Waals surface area contributed by atoms with E-state index in [0.29, 0.717) is 18.0 Å². The van der Waals surface area contributed by atoms with E-state index in [2.05, 4.69) is 9.80 Å². The van der Waals surface area contributed by atoms with Crippen molar-refractivity contribution in [3.63, 3.8) is 0 Å². The molecular formula is C20H32N2O3. The van der Waals surface area contributed by atoms with Gasteiger partial charge in [-0.3, -0.25) is 9.80 Å². The Morgan fingerprint density at radius 2 is 1.68 bits per heavy atom. The molecule has 0 spiro atoms. The Balaban J connectivity index is 1.51. The van der Waals surface area contributed by atoms with E-state index in [-0.39, 0.29) is 0 Å². The van der Waals surface area contributed by atoms with Crippen LogP contribution in [-0.2, 0) is 0 Å². The third-order valence-corrected chi connectivity index (χ3v) is 5.72. The molecule has 2 fully saturated rings. The SMILES string of the molecule is COc1ccc(C(O)CN2CCN(C3CCCCC3)CC2)cc1OC. The predicted octanol–water partition coefficient (Wildman–Crippen LogP) is 2.69. The smallest absolute Gasteiger partial charge is 0.161 e. The van der Waals surface area contributed by atoms with Crippen molar-refractivity contribution in [2.24, 2.45) is 0 Å². The monoisotopic (exact) mass is 348 g/mol. The van der Waals surface area contributed by atoms with Gasteiger partial charge in [0.25, 0.3) is 0 Å². The molecule has 1 heterocycles. The van der Waals surface area contributed by atoms with Crippen molar-refractivity contribution in [1.29, 1.82) is 0 Å². The third kappa shape index (κ3) is 4.66. The largest absolute Gasteiger partial charge is 0.493 e. The summed E-state index contributed by atoms with van der Waals surface area (Å²) in [4.78, 5) is 5.04. The molecule has 25 heavy (non-hydrogen) atoms. The lowest BCUT2D eigenvalue weighted by molar-refractivity contribution is 0.0474. The zero-order valence-corrected chi connectivity index (χ0v) is 15.6. The van der Waals surface area contributed by atoms with Crippen LogP contribution in [0.5, 0.6) is 11.5 Å². The molecule has 1 aliphatic carbocycles. The van der Waals surface area contributed by atoms with Gasteiger partial charge in [0.15, 0.2) is 11.5 Å². The average Bonchev–Trinajstić information content (AvgIpc) is 2.68. The minimum absolute atomic E-state index is 0.499. The van der Waals surface area contributed by atoms with Gasteiger partial charge in [0, 0.05) is 38.8 Å². The van der Waals surface area contributed by atoms with Crippen molar-refractivity contribution in [1.82, 2.24) is 9.80 Å². The Hall–Kier alpha value is -1.30. The number of rotatable bonds is 6. The van der Waals surface area contributed by atoms with E-state index < -0.39 is 6.10 Å². The van der Waals surface area contributed by atoms with Gasteiger partial charge in [0.2, 0.25) is 0 Å². The number of hydrogen-bond acceptors (Lipinski definition) is 5. The molecule has 0 aromatic heterocycles. The fourth-order valence-corrected chi connectivity index (χ4v) is 4.17. The quantitative estimate of drug-likeness (QED) is 0.856. The molecule has 1 atom stereocenters. The zero-order chi connectivity index (χ0) is 17.6. The molecule has 0 radical (unpaired) electrons. The molecule has 2 aliphatic rings. The van der Waals surface area contributed by atoms with E-state index in [0.717, 1.165) is 37.8 Å². The molecule has 1 aromatic rings. The van der Waals surface area contributed by atoms with Crippen molar-refractivity contribution in [3.05, 3.63) is 23.8 Å². The third-order valence-electron chi connectivity index (χ3n) is 5.72. The first-order chi connectivity index (χ1) is 12.2. The molecule has 5 heteroatoms. The number of piperazine rings is 1. The molecule has 1 saturated heterocycles. The minimum Gasteiger partial charge on any atom is -0.493 e. The van der Waals surface area contributed by atoms with Crippen LogP contribution < -0.4 is 9.47 Å². The van der Waals surface area contributed by atoms with E-state index in [1.807, 2.05) is 18.2 Å². The maximum atomic E-state index is 10.6. The summed E-state index contributed by atoms with van der Waals surface area (Å²) in [5.74, 6) is 1.36. The number of hydrogen-bond donors (Lipinski definition) is 1. The second kappa shape index (κ2) is 8.88. The summed E-state index contributed by atoms with van der Waals surface area (Å²) >= 11 is 0. The van der Waals surface area contributed by atoms with E-state index in [4.69, 9.17) is 9.47 Å². The lowest BCUT2D eigenvalue weighted by Gasteiger charge is -2.41. The molecule has 140 valence electrons. The van der Waals surface area contributed by atoms with Crippen molar-refractivity contribution < 1.29 is 14.6 Å². The van der Waals surface area contributed by atoms with Crippen LogP contribution in [0.4, 0.5) is 0 Å². The number of benzene rings is 1. The van der Waals surface area contributed by atoms with Crippen LogP contribution in [-0.4, -0.2) is 67.9 Å². The van der Waals surface area contributed by atoms with Crippen LogP contribution in [0.2, 0.25) is 0 Å². The van der Waals surface area contributed by atoms with Crippen molar-refractivity contribution in [2.45, 2.75) is 44.2 Å². The number of nitrogens with zero attached hydrogens (tertiary/aromatic N) is 2. The summed E-state index contributed by atoms with van der Waals surface area (Å²) in [6, 6.07) is 6.46. The van der Waals surface area contributed by atoms with Gasteiger partial charge in [0.05, 0.1) is 20.3 Å². The number of aliphatic hydroxyl groups excluding tert-OH is 1. The van der Waals surface area contributed by atoms with E-state index in [9.17, 15) is 5.11 Å². The minimum atomic E-state index is -0.499. The first-order valence-corrected chi connectivity index (χ1v) is 9.57. The Morgan fingerprint density at radius 1 is 1.00 bits per heavy atom. The summed E-state index contributed by atoms with van der Waals surface area (Å²) in [5.41, 5.74) is 0.882. The number of β-amino-alcohol motifs (C(OH)–C–C–N with tert-alkyl or cyclic N) is 1. The summed E-state index contributed by atoms with van der Waals surface area (Å²) in [7, 11) is 3.25. The van der Waals surface area contributed by atoms with Crippen LogP contribution in [0.15, 0.2) is 18.2 Å². The van der Waals surface area contributed by atoms with Crippen LogP contribution in [0.3, 0.4) is 0 Å². The fraction of sp³-hybridized carbons (Fsp3) is 0.700. The average molecular weight is 348 g/mol. The highest BCUT2D eigenvalue weighted by Gasteiger charge is 2.26.